The molecule has 1 N–H and O–H groups in total. The zero-order valence-electron chi connectivity index (χ0n) is 14.6. The van der Waals surface area contributed by atoms with Gasteiger partial charge in [0.25, 0.3) is 0 Å². The number of nitrogens with zero attached hydrogens (tertiary/aromatic N) is 3. The molecule has 0 spiro atoms. The molecular formula is C19H30N4O. The number of hydrogen-bond donors (Lipinski definition) is 1. The summed E-state index contributed by atoms with van der Waals surface area (Å²) in [7, 11) is 0. The molecule has 1 aliphatic carbocycles. The number of nitrogens with one attached hydrogen (secondary N) is 1. The fourth-order valence-corrected chi connectivity index (χ4v) is 3.96. The van der Waals surface area contributed by atoms with Crippen LogP contribution in [0.3, 0.4) is 0 Å². The van der Waals surface area contributed by atoms with E-state index < -0.39 is 0 Å². The van der Waals surface area contributed by atoms with Crippen molar-refractivity contribution in [3.05, 3.63) is 18.5 Å². The average molecular weight is 330 g/mol. The van der Waals surface area contributed by atoms with Crippen LogP contribution in [0.4, 0.5) is 5.95 Å². The highest BCUT2D eigenvalue weighted by molar-refractivity contribution is 5.79. The molecule has 1 saturated heterocycles. The summed E-state index contributed by atoms with van der Waals surface area (Å²) in [5, 5.41) is 3.24. The fourth-order valence-electron chi connectivity index (χ4n) is 3.96. The monoisotopic (exact) mass is 330 g/mol. The molecule has 3 rings (SSSR count). The van der Waals surface area contributed by atoms with Crippen molar-refractivity contribution < 1.29 is 4.79 Å². The van der Waals surface area contributed by atoms with Crippen molar-refractivity contribution in [3.63, 3.8) is 0 Å². The fraction of sp³-hybridized carbons (Fsp3) is 0.737. The number of rotatable bonds is 4. The van der Waals surface area contributed by atoms with Gasteiger partial charge in [0, 0.05) is 32.0 Å². The van der Waals surface area contributed by atoms with Gasteiger partial charge in [-0.05, 0) is 37.7 Å². The first-order valence-electron chi connectivity index (χ1n) is 9.62. The van der Waals surface area contributed by atoms with E-state index in [0.29, 0.717) is 5.92 Å². The molecule has 0 aromatic carbocycles. The Morgan fingerprint density at radius 1 is 1.04 bits per heavy atom. The van der Waals surface area contributed by atoms with E-state index in [1.807, 2.05) is 6.07 Å². The van der Waals surface area contributed by atoms with Gasteiger partial charge in [-0.3, -0.25) is 4.79 Å². The zero-order valence-corrected chi connectivity index (χ0v) is 14.6. The molecule has 1 amide bonds. The van der Waals surface area contributed by atoms with Crippen molar-refractivity contribution in [2.45, 2.75) is 57.8 Å². The Hall–Kier alpha value is -1.65. The van der Waals surface area contributed by atoms with Gasteiger partial charge in [0.1, 0.15) is 0 Å². The molecule has 2 fully saturated rings. The Bertz CT molecular complexity index is 499. The standard InChI is InChI=1S/C19H30N4O/c24-18(22-14-16-8-4-2-1-3-5-9-16)17-10-6-13-23(15-17)19-20-11-7-12-21-19/h7,11-12,16-17H,1-6,8-10,13-15H2,(H,22,24). The third kappa shape index (κ3) is 4.92. The van der Waals surface area contributed by atoms with Gasteiger partial charge in [-0.25, -0.2) is 9.97 Å². The number of carbonyl (C=O) groups excluding carboxylic acids is 1. The van der Waals surface area contributed by atoms with E-state index in [9.17, 15) is 4.79 Å². The molecule has 1 aromatic heterocycles. The molecule has 5 heteroatoms. The normalized spacial score (nSPS) is 23.3. The number of aromatic nitrogens is 2. The van der Waals surface area contributed by atoms with Crippen LogP contribution >= 0.6 is 0 Å². The summed E-state index contributed by atoms with van der Waals surface area (Å²) in [4.78, 5) is 23.4. The summed E-state index contributed by atoms with van der Waals surface area (Å²) in [6, 6.07) is 1.83. The molecule has 2 aliphatic rings. The second-order valence-corrected chi connectivity index (χ2v) is 7.29. The summed E-state index contributed by atoms with van der Waals surface area (Å²) >= 11 is 0. The van der Waals surface area contributed by atoms with Crippen LogP contribution in [0.5, 0.6) is 0 Å². The summed E-state index contributed by atoms with van der Waals surface area (Å²) in [5.41, 5.74) is 0. The summed E-state index contributed by atoms with van der Waals surface area (Å²) in [5.74, 6) is 1.70. The molecule has 2 heterocycles. The molecule has 1 aliphatic heterocycles. The molecular weight excluding hydrogens is 300 g/mol. The largest absolute Gasteiger partial charge is 0.356 e. The van der Waals surface area contributed by atoms with E-state index >= 15 is 0 Å². The summed E-state index contributed by atoms with van der Waals surface area (Å²) in [6.45, 7) is 2.54. The minimum absolute atomic E-state index is 0.0658. The van der Waals surface area contributed by atoms with Crippen LogP contribution in [0.15, 0.2) is 18.5 Å². The maximum atomic E-state index is 12.6. The van der Waals surface area contributed by atoms with Crippen LogP contribution in [-0.2, 0) is 4.79 Å². The lowest BCUT2D eigenvalue weighted by Gasteiger charge is -2.32. The van der Waals surface area contributed by atoms with Gasteiger partial charge in [-0.2, -0.15) is 0 Å². The van der Waals surface area contributed by atoms with Gasteiger partial charge in [-0.15, -0.1) is 0 Å². The Labute approximate surface area is 145 Å². The van der Waals surface area contributed by atoms with E-state index in [1.54, 1.807) is 12.4 Å². The number of carbonyl (C=O) groups is 1. The number of anilines is 1. The van der Waals surface area contributed by atoms with Crippen molar-refractivity contribution in [2.24, 2.45) is 11.8 Å². The van der Waals surface area contributed by atoms with Crippen LogP contribution in [0.25, 0.3) is 0 Å². The second kappa shape index (κ2) is 9.00. The van der Waals surface area contributed by atoms with Gasteiger partial charge >= 0.3 is 0 Å². The molecule has 24 heavy (non-hydrogen) atoms. The smallest absolute Gasteiger partial charge is 0.225 e. The number of piperidine rings is 1. The van der Waals surface area contributed by atoms with E-state index in [4.69, 9.17) is 0 Å². The predicted octanol–water partition coefficient (Wildman–Crippen LogP) is 3.17. The van der Waals surface area contributed by atoms with Crippen molar-refractivity contribution >= 4 is 11.9 Å². The topological polar surface area (TPSA) is 58.1 Å². The highest BCUT2D eigenvalue weighted by atomic mass is 16.1. The molecule has 0 bridgehead atoms. The van der Waals surface area contributed by atoms with Crippen LogP contribution in [0.2, 0.25) is 0 Å². The Morgan fingerprint density at radius 3 is 2.50 bits per heavy atom. The minimum atomic E-state index is 0.0658. The van der Waals surface area contributed by atoms with Gasteiger partial charge < -0.3 is 10.2 Å². The van der Waals surface area contributed by atoms with Gasteiger partial charge in [0.2, 0.25) is 11.9 Å². The van der Waals surface area contributed by atoms with Gasteiger partial charge in [0.15, 0.2) is 0 Å². The van der Waals surface area contributed by atoms with Crippen LogP contribution in [0.1, 0.15) is 57.8 Å². The molecule has 1 atom stereocenters. The molecule has 0 radical (unpaired) electrons. The highest BCUT2D eigenvalue weighted by Crippen LogP contribution is 2.23. The average Bonchev–Trinajstić information content (AvgIpc) is 2.61. The first kappa shape index (κ1) is 17.2. The lowest BCUT2D eigenvalue weighted by Crippen LogP contribution is -2.44. The molecule has 132 valence electrons. The number of amides is 1. The minimum Gasteiger partial charge on any atom is -0.356 e. The third-order valence-corrected chi connectivity index (χ3v) is 5.42. The third-order valence-electron chi connectivity index (χ3n) is 5.42. The van der Waals surface area contributed by atoms with Gasteiger partial charge in [-0.1, -0.05) is 32.1 Å². The van der Waals surface area contributed by atoms with Crippen molar-refractivity contribution in [1.29, 1.82) is 0 Å². The molecule has 1 aromatic rings. The first-order chi connectivity index (χ1) is 11.8. The maximum Gasteiger partial charge on any atom is 0.225 e. The van der Waals surface area contributed by atoms with Crippen LogP contribution < -0.4 is 10.2 Å². The van der Waals surface area contributed by atoms with Gasteiger partial charge in [0.05, 0.1) is 5.92 Å². The van der Waals surface area contributed by atoms with Crippen molar-refractivity contribution in [3.8, 4) is 0 Å². The Balaban J connectivity index is 1.47. The Morgan fingerprint density at radius 2 is 1.75 bits per heavy atom. The molecule has 1 saturated carbocycles. The van der Waals surface area contributed by atoms with Crippen LogP contribution in [0, 0.1) is 11.8 Å². The lowest BCUT2D eigenvalue weighted by atomic mass is 9.90. The zero-order chi connectivity index (χ0) is 16.6. The summed E-state index contributed by atoms with van der Waals surface area (Å²) < 4.78 is 0. The maximum absolute atomic E-state index is 12.6. The Kier molecular flexibility index (Phi) is 6.44. The van der Waals surface area contributed by atoms with Crippen molar-refractivity contribution in [2.75, 3.05) is 24.5 Å². The molecule has 1 unspecified atom stereocenters. The first-order valence-corrected chi connectivity index (χ1v) is 9.62. The number of hydrogen-bond acceptors (Lipinski definition) is 4. The highest BCUT2D eigenvalue weighted by Gasteiger charge is 2.27. The SMILES string of the molecule is O=C(NCC1CCCCCCC1)C1CCCN(c2ncccn2)C1. The molecule has 5 nitrogen and oxygen atoms in total. The van der Waals surface area contributed by atoms with E-state index in [2.05, 4.69) is 20.2 Å². The summed E-state index contributed by atoms with van der Waals surface area (Å²) in [6.07, 6.45) is 14.8. The quantitative estimate of drug-likeness (QED) is 0.921. The predicted molar refractivity (Wildman–Crippen MR) is 95.8 cm³/mol. The van der Waals surface area contributed by atoms with E-state index in [1.165, 1.54) is 44.9 Å². The van der Waals surface area contributed by atoms with Crippen molar-refractivity contribution in [1.82, 2.24) is 15.3 Å². The van der Waals surface area contributed by atoms with E-state index in [-0.39, 0.29) is 11.8 Å². The van der Waals surface area contributed by atoms with E-state index in [0.717, 1.165) is 38.4 Å². The van der Waals surface area contributed by atoms with Crippen LogP contribution in [-0.4, -0.2) is 35.5 Å². The lowest BCUT2D eigenvalue weighted by molar-refractivity contribution is -0.125. The second-order valence-electron chi connectivity index (χ2n) is 7.29.